The number of nitrogens with one attached hydrogen (secondary N) is 1. The van der Waals surface area contributed by atoms with E-state index in [-0.39, 0.29) is 24.2 Å². The van der Waals surface area contributed by atoms with Crippen molar-refractivity contribution in [2.45, 2.75) is 12.8 Å². The summed E-state index contributed by atoms with van der Waals surface area (Å²) in [5.74, 6) is -2.78. The Balaban J connectivity index is 1.49. The molecule has 1 aliphatic rings. The molecule has 0 spiro atoms. The van der Waals surface area contributed by atoms with Crippen LogP contribution in [0.3, 0.4) is 0 Å². The Labute approximate surface area is 165 Å². The highest BCUT2D eigenvalue weighted by Gasteiger charge is 2.30. The van der Waals surface area contributed by atoms with E-state index in [9.17, 15) is 23.2 Å². The third kappa shape index (κ3) is 3.68. The second-order valence-electron chi connectivity index (χ2n) is 7.15. The Bertz CT molecular complexity index is 1160. The Hall–Kier alpha value is -3.35. The van der Waals surface area contributed by atoms with Gasteiger partial charge in [0.15, 0.2) is 5.78 Å². The number of carbonyl (C=O) groups is 2. The van der Waals surface area contributed by atoms with E-state index >= 15 is 0 Å². The van der Waals surface area contributed by atoms with Gasteiger partial charge < -0.3 is 9.88 Å². The van der Waals surface area contributed by atoms with E-state index in [1.807, 2.05) is 6.07 Å². The standard InChI is InChI=1S/C22H18F2N2O3/c23-15-5-6-18(24)16(12-15)20(27)13-7-9-26(10-8-13)22(29)17-11-14-3-1-2-4-19(14)25-21(17)28/h1-6,11-13H,7-10H2,(H,25,28). The van der Waals surface area contributed by atoms with E-state index < -0.39 is 34.8 Å². The topological polar surface area (TPSA) is 70.2 Å². The van der Waals surface area contributed by atoms with Crippen LogP contribution in [0.2, 0.25) is 0 Å². The molecular formula is C22H18F2N2O3. The third-order valence-electron chi connectivity index (χ3n) is 5.33. The summed E-state index contributed by atoms with van der Waals surface area (Å²) in [7, 11) is 0. The van der Waals surface area contributed by atoms with E-state index in [2.05, 4.69) is 4.98 Å². The normalized spacial score (nSPS) is 14.9. The molecule has 3 aromatic rings. The average molecular weight is 396 g/mol. The van der Waals surface area contributed by atoms with Crippen molar-refractivity contribution in [3.63, 3.8) is 0 Å². The summed E-state index contributed by atoms with van der Waals surface area (Å²) in [4.78, 5) is 41.9. The van der Waals surface area contributed by atoms with Crippen LogP contribution < -0.4 is 5.56 Å². The highest BCUT2D eigenvalue weighted by atomic mass is 19.1. The summed E-state index contributed by atoms with van der Waals surface area (Å²) in [5, 5.41) is 0.752. The lowest BCUT2D eigenvalue weighted by Gasteiger charge is -2.31. The van der Waals surface area contributed by atoms with Crippen LogP contribution in [0.4, 0.5) is 8.78 Å². The number of nitrogens with zero attached hydrogens (tertiary/aromatic N) is 1. The number of rotatable bonds is 3. The molecule has 0 atom stereocenters. The quantitative estimate of drug-likeness (QED) is 0.689. The summed E-state index contributed by atoms with van der Waals surface area (Å²) < 4.78 is 27.3. The van der Waals surface area contributed by atoms with Crippen LogP contribution in [0.1, 0.15) is 33.6 Å². The van der Waals surface area contributed by atoms with Crippen molar-refractivity contribution in [3.05, 3.63) is 81.6 Å². The van der Waals surface area contributed by atoms with Crippen molar-refractivity contribution in [2.75, 3.05) is 13.1 Å². The number of aromatic nitrogens is 1. The molecule has 5 nitrogen and oxygen atoms in total. The van der Waals surface area contributed by atoms with Gasteiger partial charge in [0, 0.05) is 24.5 Å². The van der Waals surface area contributed by atoms with Crippen molar-refractivity contribution in [1.29, 1.82) is 0 Å². The lowest BCUT2D eigenvalue weighted by Crippen LogP contribution is -2.42. The molecule has 0 unspecified atom stereocenters. The molecule has 1 aromatic heterocycles. The number of amides is 1. The smallest absolute Gasteiger partial charge is 0.261 e. The average Bonchev–Trinajstić information content (AvgIpc) is 2.74. The molecule has 1 fully saturated rings. The molecule has 0 radical (unpaired) electrons. The molecule has 2 heterocycles. The SMILES string of the molecule is O=C(c1cc(F)ccc1F)C1CCN(C(=O)c2cc3ccccc3[nH]c2=O)CC1. The first-order valence-electron chi connectivity index (χ1n) is 9.34. The lowest BCUT2D eigenvalue weighted by atomic mass is 9.88. The van der Waals surface area contributed by atoms with E-state index in [4.69, 9.17) is 0 Å². The number of aromatic amines is 1. The molecule has 29 heavy (non-hydrogen) atoms. The number of para-hydroxylation sites is 1. The number of piperidine rings is 1. The van der Waals surface area contributed by atoms with Gasteiger partial charge in [0.1, 0.15) is 17.2 Å². The maximum atomic E-state index is 13.9. The number of ketones is 1. The predicted molar refractivity (Wildman–Crippen MR) is 104 cm³/mol. The molecule has 1 N–H and O–H groups in total. The van der Waals surface area contributed by atoms with Crippen LogP contribution >= 0.6 is 0 Å². The first-order valence-corrected chi connectivity index (χ1v) is 9.34. The van der Waals surface area contributed by atoms with Crippen LogP contribution in [-0.4, -0.2) is 34.7 Å². The zero-order valence-electron chi connectivity index (χ0n) is 15.5. The van der Waals surface area contributed by atoms with Gasteiger partial charge in [0.05, 0.1) is 5.56 Å². The van der Waals surface area contributed by atoms with Crippen LogP contribution in [0.25, 0.3) is 10.9 Å². The van der Waals surface area contributed by atoms with E-state index in [0.717, 1.165) is 23.6 Å². The number of fused-ring (bicyclic) bond motifs is 1. The number of Topliss-reactive ketones (excluding diaryl/α,β-unsaturated/α-hetero) is 1. The number of pyridine rings is 1. The van der Waals surface area contributed by atoms with Crippen molar-refractivity contribution in [2.24, 2.45) is 5.92 Å². The van der Waals surface area contributed by atoms with Crippen molar-refractivity contribution in [1.82, 2.24) is 9.88 Å². The number of hydrogen-bond donors (Lipinski definition) is 1. The molecule has 2 aromatic carbocycles. The zero-order valence-corrected chi connectivity index (χ0v) is 15.5. The van der Waals surface area contributed by atoms with Crippen LogP contribution in [0, 0.1) is 17.6 Å². The summed E-state index contributed by atoms with van der Waals surface area (Å²) in [5.41, 5.74) is -0.0328. The van der Waals surface area contributed by atoms with Gasteiger partial charge in [-0.05, 0) is 48.6 Å². The van der Waals surface area contributed by atoms with Crippen LogP contribution in [-0.2, 0) is 0 Å². The third-order valence-corrected chi connectivity index (χ3v) is 5.33. The van der Waals surface area contributed by atoms with E-state index in [1.165, 1.54) is 4.90 Å². The molecule has 0 bridgehead atoms. The van der Waals surface area contributed by atoms with Gasteiger partial charge in [-0.15, -0.1) is 0 Å². The molecule has 0 aliphatic carbocycles. The fourth-order valence-electron chi connectivity index (χ4n) is 3.73. The van der Waals surface area contributed by atoms with Crippen molar-refractivity contribution >= 4 is 22.6 Å². The van der Waals surface area contributed by atoms with Gasteiger partial charge in [-0.3, -0.25) is 14.4 Å². The fourth-order valence-corrected chi connectivity index (χ4v) is 3.73. The number of benzene rings is 2. The van der Waals surface area contributed by atoms with E-state index in [1.54, 1.807) is 24.3 Å². The Kier molecular flexibility index (Phi) is 4.96. The molecule has 1 aliphatic heterocycles. The zero-order chi connectivity index (χ0) is 20.5. The molecule has 4 rings (SSSR count). The van der Waals surface area contributed by atoms with Crippen molar-refractivity contribution in [3.8, 4) is 0 Å². The number of H-pyrrole nitrogens is 1. The second-order valence-corrected chi connectivity index (χ2v) is 7.15. The monoisotopic (exact) mass is 396 g/mol. The predicted octanol–water partition coefficient (Wildman–Crippen LogP) is 3.54. The van der Waals surface area contributed by atoms with E-state index in [0.29, 0.717) is 18.4 Å². The minimum Gasteiger partial charge on any atom is -0.338 e. The first-order chi connectivity index (χ1) is 13.9. The second kappa shape index (κ2) is 7.58. The fraction of sp³-hybridized carbons (Fsp3) is 0.227. The molecular weight excluding hydrogens is 378 g/mol. The van der Waals surface area contributed by atoms with Gasteiger partial charge >= 0.3 is 0 Å². The minimum atomic E-state index is -0.752. The highest BCUT2D eigenvalue weighted by molar-refractivity contribution is 5.99. The lowest BCUT2D eigenvalue weighted by molar-refractivity contribution is 0.0647. The highest BCUT2D eigenvalue weighted by Crippen LogP contribution is 2.24. The Morgan fingerprint density at radius 2 is 1.69 bits per heavy atom. The van der Waals surface area contributed by atoms with Gasteiger partial charge in [-0.2, -0.15) is 0 Å². The molecule has 0 saturated carbocycles. The van der Waals surface area contributed by atoms with Gasteiger partial charge in [0.25, 0.3) is 11.5 Å². The minimum absolute atomic E-state index is 0.0460. The largest absolute Gasteiger partial charge is 0.338 e. The molecule has 1 amide bonds. The summed E-state index contributed by atoms with van der Waals surface area (Å²) in [6, 6.07) is 11.6. The van der Waals surface area contributed by atoms with Gasteiger partial charge in [0.2, 0.25) is 0 Å². The summed E-state index contributed by atoms with van der Waals surface area (Å²) >= 11 is 0. The van der Waals surface area contributed by atoms with Crippen LogP contribution in [0.5, 0.6) is 0 Å². The van der Waals surface area contributed by atoms with Gasteiger partial charge in [-0.1, -0.05) is 18.2 Å². The Morgan fingerprint density at radius 1 is 0.966 bits per heavy atom. The maximum Gasteiger partial charge on any atom is 0.261 e. The molecule has 148 valence electrons. The number of halogens is 2. The Morgan fingerprint density at radius 3 is 2.45 bits per heavy atom. The van der Waals surface area contributed by atoms with Crippen molar-refractivity contribution < 1.29 is 18.4 Å². The summed E-state index contributed by atoms with van der Waals surface area (Å²) in [6.45, 7) is 0.525. The number of hydrogen-bond acceptors (Lipinski definition) is 3. The number of carbonyl (C=O) groups excluding carboxylic acids is 2. The number of likely N-dealkylation sites (tertiary alicyclic amines) is 1. The van der Waals surface area contributed by atoms with Gasteiger partial charge in [-0.25, -0.2) is 8.78 Å². The summed E-state index contributed by atoms with van der Waals surface area (Å²) in [6.07, 6.45) is 0.651. The molecule has 1 saturated heterocycles. The maximum absolute atomic E-state index is 13.9. The first kappa shape index (κ1) is 19.0. The van der Waals surface area contributed by atoms with Crippen LogP contribution in [0.15, 0.2) is 53.3 Å². The molecule has 7 heteroatoms.